The molecule has 2 unspecified atom stereocenters. The smallest absolute Gasteiger partial charge is 0.0597 e. The molecule has 0 saturated heterocycles. The van der Waals surface area contributed by atoms with Gasteiger partial charge in [-0.05, 0) is 55.8 Å². The third kappa shape index (κ3) is 0.807. The minimum Gasteiger partial charge on any atom is -0.393 e. The molecule has 0 aromatic carbocycles. The highest BCUT2D eigenvalue weighted by atomic mass is 16.3. The van der Waals surface area contributed by atoms with Gasteiger partial charge in [0.1, 0.15) is 0 Å². The van der Waals surface area contributed by atoms with Crippen molar-refractivity contribution in [1.82, 2.24) is 0 Å². The summed E-state index contributed by atoms with van der Waals surface area (Å²) in [5.74, 6) is 4.06. The van der Waals surface area contributed by atoms with E-state index in [0.717, 1.165) is 5.92 Å². The molecule has 4 aliphatic rings. The highest BCUT2D eigenvalue weighted by Crippen LogP contribution is 2.54. The molecule has 11 heavy (non-hydrogen) atoms. The lowest BCUT2D eigenvalue weighted by molar-refractivity contribution is -0.0527. The van der Waals surface area contributed by atoms with E-state index in [0.29, 0.717) is 11.8 Å². The van der Waals surface area contributed by atoms with E-state index in [4.69, 9.17) is 0 Å². The molecule has 61 valence electrons. The predicted molar refractivity (Wildman–Crippen MR) is 42.8 cm³/mol. The highest BCUT2D eigenvalue weighted by Gasteiger charge is 2.47. The van der Waals surface area contributed by atoms with Gasteiger partial charge in [-0.3, -0.25) is 0 Å². The Morgan fingerprint density at radius 2 is 1.64 bits per heavy atom. The van der Waals surface area contributed by atoms with Gasteiger partial charge in [0.2, 0.25) is 0 Å². The molecule has 0 heterocycles. The average molecular weight is 151 g/mol. The minimum atomic E-state index is 0.0651. The van der Waals surface area contributed by atoms with E-state index in [1.807, 2.05) is 0 Å². The molecule has 0 aromatic rings. The van der Waals surface area contributed by atoms with Crippen LogP contribution in [0.25, 0.3) is 0 Å². The molecule has 4 fully saturated rings. The quantitative estimate of drug-likeness (QED) is 0.559. The fourth-order valence-electron chi connectivity index (χ4n) is 3.59. The van der Waals surface area contributed by atoms with Gasteiger partial charge in [0.25, 0.3) is 0 Å². The zero-order valence-corrected chi connectivity index (χ0v) is 6.79. The molecular weight excluding hydrogens is 136 g/mol. The van der Waals surface area contributed by atoms with Gasteiger partial charge >= 0.3 is 0 Å². The number of aliphatic hydroxyl groups excluding tert-OH is 1. The first-order valence-corrected chi connectivity index (χ1v) is 4.84. The fraction of sp³-hybridized carbons (Fsp3) is 0.900. The summed E-state index contributed by atoms with van der Waals surface area (Å²) in [6.07, 6.45) is 6.62. The molecule has 0 amide bonds. The van der Waals surface area contributed by atoms with Crippen molar-refractivity contribution >= 4 is 0 Å². The maximum atomic E-state index is 9.81. The van der Waals surface area contributed by atoms with Crippen molar-refractivity contribution in [3.8, 4) is 0 Å². The summed E-state index contributed by atoms with van der Waals surface area (Å²) in [6.45, 7) is 0. The third-order valence-electron chi connectivity index (χ3n) is 3.92. The van der Waals surface area contributed by atoms with Crippen LogP contribution >= 0.6 is 0 Å². The average Bonchev–Trinajstić information content (AvgIpc) is 1.98. The summed E-state index contributed by atoms with van der Waals surface area (Å²) in [7, 11) is 0. The van der Waals surface area contributed by atoms with E-state index in [1.54, 1.807) is 5.92 Å². The van der Waals surface area contributed by atoms with Gasteiger partial charge in [0.05, 0.1) is 6.10 Å². The van der Waals surface area contributed by atoms with Crippen LogP contribution in [-0.4, -0.2) is 11.2 Å². The zero-order valence-electron chi connectivity index (χ0n) is 6.79. The van der Waals surface area contributed by atoms with E-state index in [1.165, 1.54) is 32.1 Å². The van der Waals surface area contributed by atoms with Gasteiger partial charge in [-0.2, -0.15) is 0 Å². The molecule has 0 aromatic heterocycles. The van der Waals surface area contributed by atoms with Crippen LogP contribution < -0.4 is 0 Å². The molecule has 2 atom stereocenters. The molecule has 1 heteroatoms. The van der Waals surface area contributed by atoms with Crippen LogP contribution in [0.5, 0.6) is 0 Å². The Morgan fingerprint density at radius 1 is 1.00 bits per heavy atom. The summed E-state index contributed by atoms with van der Waals surface area (Å²) >= 11 is 0. The maximum Gasteiger partial charge on any atom is 0.0597 e. The molecule has 4 rings (SSSR count). The number of hydrogen-bond donors (Lipinski definition) is 1. The standard InChI is InChI=1S/C10H15O/c11-10-8-2-6-1-7(4-8)5-9(10)3-6/h6,8-11H,1-5H2. The Kier molecular flexibility index (Phi) is 1.18. The van der Waals surface area contributed by atoms with Crippen LogP contribution in [0.2, 0.25) is 0 Å². The third-order valence-corrected chi connectivity index (χ3v) is 3.92. The Bertz CT molecular complexity index is 148. The fourth-order valence-corrected chi connectivity index (χ4v) is 3.59. The van der Waals surface area contributed by atoms with Crippen LogP contribution in [0.15, 0.2) is 0 Å². The summed E-state index contributed by atoms with van der Waals surface area (Å²) in [5.41, 5.74) is 0. The molecule has 0 aliphatic heterocycles. The number of rotatable bonds is 0. The molecule has 4 saturated carbocycles. The predicted octanol–water partition coefficient (Wildman–Crippen LogP) is 1.76. The first kappa shape index (κ1) is 6.47. The summed E-state index contributed by atoms with van der Waals surface area (Å²) in [5, 5.41) is 9.81. The lowest BCUT2D eigenvalue weighted by atomic mass is 9.55. The SMILES string of the molecule is OC1C2C[C]3CC(C2)CC1C3. The lowest BCUT2D eigenvalue weighted by Gasteiger charge is -2.52. The first-order valence-electron chi connectivity index (χ1n) is 4.84. The molecule has 1 radical (unpaired) electrons. The maximum absolute atomic E-state index is 9.81. The Balaban J connectivity index is 1.91. The number of aliphatic hydroxyl groups is 1. The van der Waals surface area contributed by atoms with Crippen LogP contribution in [0.1, 0.15) is 32.1 Å². The Morgan fingerprint density at radius 3 is 2.18 bits per heavy atom. The van der Waals surface area contributed by atoms with Gasteiger partial charge in [-0.25, -0.2) is 0 Å². The second-order valence-electron chi connectivity index (χ2n) is 4.71. The van der Waals surface area contributed by atoms with Crippen LogP contribution in [0.3, 0.4) is 0 Å². The lowest BCUT2D eigenvalue weighted by Crippen LogP contribution is -2.47. The van der Waals surface area contributed by atoms with Gasteiger partial charge < -0.3 is 5.11 Å². The molecule has 4 aliphatic carbocycles. The van der Waals surface area contributed by atoms with Crippen LogP contribution in [0, 0.1) is 23.7 Å². The van der Waals surface area contributed by atoms with Gasteiger partial charge in [-0.1, -0.05) is 0 Å². The Labute approximate surface area is 67.8 Å². The highest BCUT2D eigenvalue weighted by molar-refractivity contribution is 5.11. The van der Waals surface area contributed by atoms with Crippen molar-refractivity contribution < 1.29 is 5.11 Å². The van der Waals surface area contributed by atoms with Gasteiger partial charge in [0, 0.05) is 0 Å². The van der Waals surface area contributed by atoms with E-state index < -0.39 is 0 Å². The monoisotopic (exact) mass is 151 g/mol. The second kappa shape index (κ2) is 2.01. The molecule has 1 N–H and O–H groups in total. The van der Waals surface area contributed by atoms with Crippen LogP contribution in [-0.2, 0) is 0 Å². The van der Waals surface area contributed by atoms with Gasteiger partial charge in [0.15, 0.2) is 0 Å². The normalized spacial score (nSPS) is 55.4. The molecule has 4 bridgehead atoms. The largest absolute Gasteiger partial charge is 0.393 e. The minimum absolute atomic E-state index is 0.0651. The zero-order chi connectivity index (χ0) is 7.42. The molecule has 0 spiro atoms. The van der Waals surface area contributed by atoms with Crippen LogP contribution in [0.4, 0.5) is 0 Å². The first-order chi connectivity index (χ1) is 5.33. The van der Waals surface area contributed by atoms with Crippen molar-refractivity contribution in [3.05, 3.63) is 5.92 Å². The van der Waals surface area contributed by atoms with Crippen molar-refractivity contribution in [1.29, 1.82) is 0 Å². The van der Waals surface area contributed by atoms with Crippen molar-refractivity contribution in [2.75, 3.05) is 0 Å². The van der Waals surface area contributed by atoms with Crippen molar-refractivity contribution in [2.24, 2.45) is 17.8 Å². The molecular formula is C10H15O. The van der Waals surface area contributed by atoms with Crippen molar-refractivity contribution in [3.63, 3.8) is 0 Å². The number of hydrogen-bond acceptors (Lipinski definition) is 1. The van der Waals surface area contributed by atoms with E-state index >= 15 is 0 Å². The van der Waals surface area contributed by atoms with E-state index in [2.05, 4.69) is 0 Å². The van der Waals surface area contributed by atoms with Crippen molar-refractivity contribution in [2.45, 2.75) is 38.2 Å². The summed E-state index contributed by atoms with van der Waals surface area (Å²) in [4.78, 5) is 0. The van der Waals surface area contributed by atoms with E-state index in [-0.39, 0.29) is 6.10 Å². The topological polar surface area (TPSA) is 20.2 Å². The summed E-state index contributed by atoms with van der Waals surface area (Å²) < 4.78 is 0. The summed E-state index contributed by atoms with van der Waals surface area (Å²) in [6, 6.07) is 0. The van der Waals surface area contributed by atoms with Gasteiger partial charge in [-0.15, -0.1) is 0 Å². The Hall–Kier alpha value is -0.0400. The second-order valence-corrected chi connectivity index (χ2v) is 4.71. The van der Waals surface area contributed by atoms with E-state index in [9.17, 15) is 5.11 Å². The molecule has 1 nitrogen and oxygen atoms in total.